The van der Waals surface area contributed by atoms with Crippen LogP contribution in [0.5, 0.6) is 0 Å². The summed E-state index contributed by atoms with van der Waals surface area (Å²) in [6, 6.07) is 7.47. The Balaban J connectivity index is 2.33. The van der Waals surface area contributed by atoms with Gasteiger partial charge in [0, 0.05) is 12.5 Å². The third-order valence-corrected chi connectivity index (χ3v) is 4.45. The van der Waals surface area contributed by atoms with Gasteiger partial charge in [0.1, 0.15) is 0 Å². The van der Waals surface area contributed by atoms with E-state index in [1.807, 2.05) is 31.2 Å². The van der Waals surface area contributed by atoms with Gasteiger partial charge < -0.3 is 0 Å². The molecule has 0 aliphatic carbocycles. The van der Waals surface area contributed by atoms with Crippen LogP contribution in [-0.2, 0) is 10.2 Å². The molecule has 1 aliphatic heterocycles. The van der Waals surface area contributed by atoms with Crippen LogP contribution in [-0.4, -0.2) is 25.6 Å². The normalized spacial score (nSPS) is 26.2. The number of rotatable bonds is 2. The van der Waals surface area contributed by atoms with Crippen LogP contribution in [0.1, 0.15) is 29.9 Å². The van der Waals surface area contributed by atoms with Crippen LogP contribution in [0, 0.1) is 6.92 Å². The molecule has 1 aromatic rings. The zero-order chi connectivity index (χ0) is 13.3. The number of halogens is 1. The first kappa shape index (κ1) is 13.5. The van der Waals surface area contributed by atoms with Gasteiger partial charge in [-0.1, -0.05) is 24.3 Å². The zero-order valence-electron chi connectivity index (χ0n) is 10.2. The Morgan fingerprint density at radius 1 is 1.39 bits per heavy atom. The number of nitrogens with two attached hydrogens (primary N) is 1. The topological polar surface area (TPSA) is 63.4 Å². The minimum Gasteiger partial charge on any atom is -0.228 e. The van der Waals surface area contributed by atoms with E-state index >= 15 is 0 Å². The first-order valence-electron chi connectivity index (χ1n) is 5.90. The van der Waals surface area contributed by atoms with Gasteiger partial charge in [-0.25, -0.2) is 9.53 Å². The lowest BCUT2D eigenvalue weighted by Crippen LogP contribution is -2.48. The lowest BCUT2D eigenvalue weighted by molar-refractivity contribution is 0.0968. The molecule has 6 heteroatoms. The molecule has 0 saturated carbocycles. The molecule has 2 N–H and O–H groups in total. The molecule has 2 unspecified atom stereocenters. The van der Waals surface area contributed by atoms with Crippen LogP contribution in [0.25, 0.3) is 0 Å². The molecule has 1 aliphatic rings. The SMILES string of the molecule is Cc1ccccc1C1CCCN(S(N)(=O)=O)C1F. The highest BCUT2D eigenvalue weighted by Crippen LogP contribution is 2.35. The average Bonchev–Trinajstić information content (AvgIpc) is 2.29. The van der Waals surface area contributed by atoms with Crippen LogP contribution >= 0.6 is 0 Å². The van der Waals surface area contributed by atoms with Gasteiger partial charge in [-0.15, -0.1) is 0 Å². The number of hydrogen-bond acceptors (Lipinski definition) is 2. The second kappa shape index (κ2) is 4.95. The fourth-order valence-corrected chi connectivity index (χ4v) is 3.31. The van der Waals surface area contributed by atoms with Crippen molar-refractivity contribution >= 4 is 10.2 Å². The molecule has 0 spiro atoms. The maximum atomic E-state index is 14.3. The summed E-state index contributed by atoms with van der Waals surface area (Å²) >= 11 is 0. The molecule has 4 nitrogen and oxygen atoms in total. The van der Waals surface area contributed by atoms with Gasteiger partial charge in [-0.3, -0.25) is 0 Å². The van der Waals surface area contributed by atoms with Crippen LogP contribution in [0.3, 0.4) is 0 Å². The molecule has 1 saturated heterocycles. The van der Waals surface area contributed by atoms with Crippen LogP contribution < -0.4 is 5.14 Å². The number of piperidine rings is 1. The Kier molecular flexibility index (Phi) is 3.70. The van der Waals surface area contributed by atoms with Crippen molar-refractivity contribution < 1.29 is 12.8 Å². The van der Waals surface area contributed by atoms with Crippen molar-refractivity contribution in [2.45, 2.75) is 32.0 Å². The minimum absolute atomic E-state index is 0.155. The second-order valence-corrected chi connectivity index (χ2v) is 6.13. The van der Waals surface area contributed by atoms with Crippen molar-refractivity contribution in [2.75, 3.05) is 6.54 Å². The molecule has 18 heavy (non-hydrogen) atoms. The summed E-state index contributed by atoms with van der Waals surface area (Å²) < 4.78 is 37.7. The number of benzene rings is 1. The summed E-state index contributed by atoms with van der Waals surface area (Å²) in [4.78, 5) is 0. The molecule has 1 fully saturated rings. The van der Waals surface area contributed by atoms with E-state index in [1.165, 1.54) is 0 Å². The van der Waals surface area contributed by atoms with E-state index in [0.717, 1.165) is 15.4 Å². The van der Waals surface area contributed by atoms with E-state index < -0.39 is 22.4 Å². The summed E-state index contributed by atoms with van der Waals surface area (Å²) in [5, 5.41) is 5.04. The molecule has 2 rings (SSSR count). The van der Waals surface area contributed by atoms with E-state index in [0.29, 0.717) is 12.8 Å². The molecule has 0 aromatic heterocycles. The Morgan fingerprint density at radius 2 is 2.06 bits per heavy atom. The largest absolute Gasteiger partial charge is 0.279 e. The molecule has 1 aromatic carbocycles. The zero-order valence-corrected chi connectivity index (χ0v) is 11.0. The molecule has 2 atom stereocenters. The second-order valence-electron chi connectivity index (χ2n) is 4.63. The van der Waals surface area contributed by atoms with E-state index in [-0.39, 0.29) is 6.54 Å². The highest BCUT2D eigenvalue weighted by atomic mass is 32.2. The average molecular weight is 272 g/mol. The van der Waals surface area contributed by atoms with Crippen LogP contribution in [0.2, 0.25) is 0 Å². The van der Waals surface area contributed by atoms with Crippen molar-refractivity contribution in [3.05, 3.63) is 35.4 Å². The summed E-state index contributed by atoms with van der Waals surface area (Å²) in [5.41, 5.74) is 1.83. The standard InChI is InChI=1S/C12H17FN2O2S/c1-9-5-2-3-6-10(9)11-7-4-8-15(12(11)13)18(14,16)17/h2-3,5-6,11-12H,4,7-8H2,1H3,(H2,14,16,17). The van der Waals surface area contributed by atoms with Gasteiger partial charge in [-0.05, 0) is 30.9 Å². The first-order valence-corrected chi connectivity index (χ1v) is 7.41. The molecule has 100 valence electrons. The van der Waals surface area contributed by atoms with Gasteiger partial charge in [0.25, 0.3) is 10.2 Å². The minimum atomic E-state index is -3.97. The molecule has 0 bridgehead atoms. The van der Waals surface area contributed by atoms with E-state index in [4.69, 9.17) is 5.14 Å². The lowest BCUT2D eigenvalue weighted by atomic mass is 9.88. The predicted molar refractivity (Wildman–Crippen MR) is 67.9 cm³/mol. The van der Waals surface area contributed by atoms with Gasteiger partial charge in [0.05, 0.1) is 0 Å². The van der Waals surface area contributed by atoms with Crippen LogP contribution in [0.15, 0.2) is 24.3 Å². The van der Waals surface area contributed by atoms with Crippen molar-refractivity contribution in [3.63, 3.8) is 0 Å². The lowest BCUT2D eigenvalue weighted by Gasteiger charge is -2.35. The predicted octanol–water partition coefficient (Wildman–Crippen LogP) is 1.67. The van der Waals surface area contributed by atoms with Crippen molar-refractivity contribution in [1.82, 2.24) is 4.31 Å². The van der Waals surface area contributed by atoms with E-state index in [9.17, 15) is 12.8 Å². The quantitative estimate of drug-likeness (QED) is 0.832. The molecular weight excluding hydrogens is 255 g/mol. The molecule has 1 heterocycles. The van der Waals surface area contributed by atoms with Gasteiger partial charge in [0.2, 0.25) is 0 Å². The molecular formula is C12H17FN2O2S. The highest BCUT2D eigenvalue weighted by Gasteiger charge is 2.38. The Labute approximate surface area is 107 Å². The van der Waals surface area contributed by atoms with Crippen molar-refractivity contribution in [3.8, 4) is 0 Å². The number of nitrogens with zero attached hydrogens (tertiary/aromatic N) is 1. The Bertz CT molecular complexity index is 533. The maximum absolute atomic E-state index is 14.3. The number of aryl methyl sites for hydroxylation is 1. The highest BCUT2D eigenvalue weighted by molar-refractivity contribution is 7.86. The maximum Gasteiger partial charge on any atom is 0.279 e. The van der Waals surface area contributed by atoms with Gasteiger partial charge in [0.15, 0.2) is 6.30 Å². The van der Waals surface area contributed by atoms with Crippen molar-refractivity contribution in [2.24, 2.45) is 5.14 Å². The Hall–Kier alpha value is -0.980. The van der Waals surface area contributed by atoms with E-state index in [2.05, 4.69) is 0 Å². The van der Waals surface area contributed by atoms with E-state index in [1.54, 1.807) is 0 Å². The Morgan fingerprint density at radius 3 is 2.67 bits per heavy atom. The summed E-state index contributed by atoms with van der Waals surface area (Å²) in [5.74, 6) is -0.432. The first-order chi connectivity index (χ1) is 8.41. The van der Waals surface area contributed by atoms with Crippen molar-refractivity contribution in [1.29, 1.82) is 0 Å². The third kappa shape index (κ3) is 2.55. The number of hydrogen-bond donors (Lipinski definition) is 1. The molecule has 0 amide bonds. The summed E-state index contributed by atoms with van der Waals surface area (Å²) in [7, 11) is -3.97. The van der Waals surface area contributed by atoms with Gasteiger partial charge >= 0.3 is 0 Å². The molecule has 0 radical (unpaired) electrons. The summed E-state index contributed by atoms with van der Waals surface area (Å²) in [6.07, 6.45) is -0.316. The summed E-state index contributed by atoms with van der Waals surface area (Å²) in [6.45, 7) is 2.06. The number of alkyl halides is 1. The fourth-order valence-electron chi connectivity index (χ4n) is 2.50. The smallest absolute Gasteiger partial charge is 0.228 e. The van der Waals surface area contributed by atoms with Crippen LogP contribution in [0.4, 0.5) is 4.39 Å². The van der Waals surface area contributed by atoms with Gasteiger partial charge in [-0.2, -0.15) is 12.7 Å². The monoisotopic (exact) mass is 272 g/mol. The third-order valence-electron chi connectivity index (χ3n) is 3.42. The fraction of sp³-hybridized carbons (Fsp3) is 0.500.